The lowest BCUT2D eigenvalue weighted by Crippen LogP contribution is -2.40. The van der Waals surface area contributed by atoms with Crippen LogP contribution in [0.2, 0.25) is 5.15 Å². The van der Waals surface area contributed by atoms with Crippen LogP contribution < -0.4 is 4.74 Å². The number of nitrogens with zero attached hydrogens (tertiary/aromatic N) is 2. The summed E-state index contributed by atoms with van der Waals surface area (Å²) in [6.07, 6.45) is 0.992. The quantitative estimate of drug-likeness (QED) is 0.760. The normalized spacial score (nSPS) is 12.0. The van der Waals surface area contributed by atoms with E-state index in [4.69, 9.17) is 16.3 Å². The zero-order valence-electron chi connectivity index (χ0n) is 10.3. The van der Waals surface area contributed by atoms with Crippen molar-refractivity contribution in [3.8, 4) is 5.75 Å². The standard InChI is InChI=1S/C12H17ClN2O2/c1-4-15(5-2)12(16)9(3)17-10-6-7-11(13)14-8-10/h6-9H,4-5H2,1-3H3. The van der Waals surface area contributed by atoms with E-state index in [9.17, 15) is 4.79 Å². The smallest absolute Gasteiger partial charge is 0.263 e. The van der Waals surface area contributed by atoms with Crippen molar-refractivity contribution in [1.82, 2.24) is 9.88 Å². The van der Waals surface area contributed by atoms with Gasteiger partial charge in [0.05, 0.1) is 6.20 Å². The van der Waals surface area contributed by atoms with Crippen LogP contribution in [0.1, 0.15) is 20.8 Å². The van der Waals surface area contributed by atoms with Crippen LogP contribution in [-0.4, -0.2) is 35.0 Å². The van der Waals surface area contributed by atoms with Crippen molar-refractivity contribution in [2.24, 2.45) is 0 Å². The number of pyridine rings is 1. The van der Waals surface area contributed by atoms with Gasteiger partial charge in [0.25, 0.3) is 5.91 Å². The summed E-state index contributed by atoms with van der Waals surface area (Å²) in [5.41, 5.74) is 0. The van der Waals surface area contributed by atoms with Gasteiger partial charge >= 0.3 is 0 Å². The lowest BCUT2D eigenvalue weighted by molar-refractivity contribution is -0.137. The summed E-state index contributed by atoms with van der Waals surface area (Å²) in [6.45, 7) is 6.98. The number of amides is 1. The monoisotopic (exact) mass is 256 g/mol. The molecule has 1 unspecified atom stereocenters. The highest BCUT2D eigenvalue weighted by Gasteiger charge is 2.19. The van der Waals surface area contributed by atoms with Crippen molar-refractivity contribution >= 4 is 17.5 Å². The number of hydrogen-bond acceptors (Lipinski definition) is 3. The van der Waals surface area contributed by atoms with Crippen LogP contribution in [0.3, 0.4) is 0 Å². The van der Waals surface area contributed by atoms with Gasteiger partial charge in [0, 0.05) is 13.1 Å². The minimum absolute atomic E-state index is 0.0232. The SMILES string of the molecule is CCN(CC)C(=O)C(C)Oc1ccc(Cl)nc1. The molecule has 0 radical (unpaired) electrons. The van der Waals surface area contributed by atoms with Gasteiger partial charge in [-0.15, -0.1) is 0 Å². The second-order valence-electron chi connectivity index (χ2n) is 3.59. The third-order valence-corrected chi connectivity index (χ3v) is 2.66. The largest absolute Gasteiger partial charge is 0.479 e. The molecule has 1 heterocycles. The van der Waals surface area contributed by atoms with Gasteiger partial charge in [-0.05, 0) is 32.9 Å². The van der Waals surface area contributed by atoms with E-state index in [1.165, 1.54) is 6.20 Å². The van der Waals surface area contributed by atoms with E-state index in [0.29, 0.717) is 24.0 Å². The van der Waals surface area contributed by atoms with Gasteiger partial charge < -0.3 is 9.64 Å². The first-order valence-corrected chi connectivity index (χ1v) is 6.03. The number of rotatable bonds is 5. The number of carbonyl (C=O) groups is 1. The Bertz CT molecular complexity index is 363. The van der Waals surface area contributed by atoms with Gasteiger partial charge in [-0.2, -0.15) is 0 Å². The Morgan fingerprint density at radius 2 is 2.12 bits per heavy atom. The number of aromatic nitrogens is 1. The van der Waals surface area contributed by atoms with Crippen LogP contribution in [-0.2, 0) is 4.79 Å². The van der Waals surface area contributed by atoms with Crippen molar-refractivity contribution in [3.05, 3.63) is 23.5 Å². The maximum atomic E-state index is 11.9. The van der Waals surface area contributed by atoms with Crippen molar-refractivity contribution in [3.63, 3.8) is 0 Å². The van der Waals surface area contributed by atoms with E-state index < -0.39 is 6.10 Å². The van der Waals surface area contributed by atoms with Crippen LogP contribution in [0.5, 0.6) is 5.75 Å². The molecular weight excluding hydrogens is 240 g/mol. The Balaban J connectivity index is 2.62. The molecule has 94 valence electrons. The molecule has 1 rings (SSSR count). The van der Waals surface area contributed by atoms with Gasteiger partial charge in [0.2, 0.25) is 0 Å². The zero-order valence-corrected chi connectivity index (χ0v) is 11.1. The molecule has 1 aromatic rings. The fraction of sp³-hybridized carbons (Fsp3) is 0.500. The Hall–Kier alpha value is -1.29. The van der Waals surface area contributed by atoms with Crippen LogP contribution in [0.15, 0.2) is 18.3 Å². The topological polar surface area (TPSA) is 42.4 Å². The number of halogens is 1. The Morgan fingerprint density at radius 1 is 1.47 bits per heavy atom. The molecule has 0 saturated carbocycles. The molecule has 0 aliphatic carbocycles. The second-order valence-corrected chi connectivity index (χ2v) is 3.97. The van der Waals surface area contributed by atoms with Crippen LogP contribution in [0, 0.1) is 0 Å². The number of ether oxygens (including phenoxy) is 1. The van der Waals surface area contributed by atoms with Gasteiger partial charge in [0.15, 0.2) is 6.10 Å². The summed E-state index contributed by atoms with van der Waals surface area (Å²) in [7, 11) is 0. The predicted molar refractivity (Wildman–Crippen MR) is 67.3 cm³/mol. The number of hydrogen-bond donors (Lipinski definition) is 0. The maximum absolute atomic E-state index is 11.9. The summed E-state index contributed by atoms with van der Waals surface area (Å²) >= 11 is 5.66. The Morgan fingerprint density at radius 3 is 2.59 bits per heavy atom. The lowest BCUT2D eigenvalue weighted by Gasteiger charge is -2.23. The summed E-state index contributed by atoms with van der Waals surface area (Å²) in [5.74, 6) is 0.521. The molecule has 0 spiro atoms. The predicted octanol–water partition coefficient (Wildman–Crippen LogP) is 2.37. The third kappa shape index (κ3) is 3.89. The molecule has 5 heteroatoms. The molecule has 0 bridgehead atoms. The summed E-state index contributed by atoms with van der Waals surface area (Å²) in [6, 6.07) is 3.33. The summed E-state index contributed by atoms with van der Waals surface area (Å²) < 4.78 is 5.50. The average Bonchev–Trinajstić information content (AvgIpc) is 2.33. The van der Waals surface area contributed by atoms with Crippen molar-refractivity contribution < 1.29 is 9.53 Å². The molecule has 4 nitrogen and oxygen atoms in total. The van der Waals surface area contributed by atoms with Gasteiger partial charge in [-0.25, -0.2) is 4.98 Å². The van der Waals surface area contributed by atoms with Crippen LogP contribution in [0.4, 0.5) is 0 Å². The van der Waals surface area contributed by atoms with Crippen LogP contribution >= 0.6 is 11.6 Å². The Labute approximate surface area is 107 Å². The fourth-order valence-electron chi connectivity index (χ4n) is 1.48. The molecule has 0 saturated heterocycles. The first kappa shape index (κ1) is 13.8. The average molecular weight is 257 g/mol. The second kappa shape index (κ2) is 6.45. The highest BCUT2D eigenvalue weighted by Crippen LogP contribution is 2.14. The molecule has 1 aromatic heterocycles. The summed E-state index contributed by atoms with van der Waals surface area (Å²) in [5, 5.41) is 0.403. The first-order valence-electron chi connectivity index (χ1n) is 5.65. The minimum Gasteiger partial charge on any atom is -0.479 e. The molecular formula is C12H17ClN2O2. The zero-order chi connectivity index (χ0) is 12.8. The van der Waals surface area contributed by atoms with Gasteiger partial charge in [0.1, 0.15) is 10.9 Å². The van der Waals surface area contributed by atoms with Crippen molar-refractivity contribution in [2.75, 3.05) is 13.1 Å². The molecule has 17 heavy (non-hydrogen) atoms. The van der Waals surface area contributed by atoms with Crippen LogP contribution in [0.25, 0.3) is 0 Å². The van der Waals surface area contributed by atoms with Crippen molar-refractivity contribution in [2.45, 2.75) is 26.9 Å². The van der Waals surface area contributed by atoms with E-state index in [-0.39, 0.29) is 5.91 Å². The lowest BCUT2D eigenvalue weighted by atomic mass is 10.3. The minimum atomic E-state index is -0.516. The maximum Gasteiger partial charge on any atom is 0.263 e. The third-order valence-electron chi connectivity index (χ3n) is 2.44. The molecule has 0 N–H and O–H groups in total. The van der Waals surface area contributed by atoms with Crippen molar-refractivity contribution in [1.29, 1.82) is 0 Å². The van der Waals surface area contributed by atoms with E-state index >= 15 is 0 Å². The number of carbonyl (C=O) groups excluding carboxylic acids is 1. The number of likely N-dealkylation sites (N-methyl/N-ethyl adjacent to an activating group) is 1. The molecule has 1 atom stereocenters. The highest BCUT2D eigenvalue weighted by atomic mass is 35.5. The summed E-state index contributed by atoms with van der Waals surface area (Å²) in [4.78, 5) is 17.6. The molecule has 0 fully saturated rings. The van der Waals surface area contributed by atoms with Gasteiger partial charge in [-0.3, -0.25) is 4.79 Å². The van der Waals surface area contributed by atoms with E-state index in [1.807, 2.05) is 13.8 Å². The molecule has 0 aliphatic rings. The fourth-order valence-corrected chi connectivity index (χ4v) is 1.59. The van der Waals surface area contributed by atoms with Gasteiger partial charge in [-0.1, -0.05) is 11.6 Å². The van der Waals surface area contributed by atoms with E-state index in [1.54, 1.807) is 24.0 Å². The molecule has 1 amide bonds. The molecule has 0 aromatic carbocycles. The Kier molecular flexibility index (Phi) is 5.22. The van der Waals surface area contributed by atoms with E-state index in [0.717, 1.165) is 0 Å². The molecule has 0 aliphatic heterocycles. The first-order chi connectivity index (χ1) is 8.08. The van der Waals surface area contributed by atoms with E-state index in [2.05, 4.69) is 4.98 Å². The highest BCUT2D eigenvalue weighted by molar-refractivity contribution is 6.29.